The van der Waals surface area contributed by atoms with Crippen LogP contribution in [-0.4, -0.2) is 83.2 Å². The Kier molecular flexibility index (Phi) is 11.8. The van der Waals surface area contributed by atoms with E-state index >= 15 is 0 Å². The molecule has 0 aliphatic carbocycles. The number of likely N-dealkylation sites (tertiary alicyclic amines) is 1. The van der Waals surface area contributed by atoms with Crippen LogP contribution >= 0.6 is 0 Å². The van der Waals surface area contributed by atoms with Crippen molar-refractivity contribution in [1.29, 1.82) is 0 Å². The molecule has 3 amide bonds. The van der Waals surface area contributed by atoms with Crippen molar-refractivity contribution in [2.24, 2.45) is 11.8 Å². The molecule has 0 unspecified atom stereocenters. The van der Waals surface area contributed by atoms with E-state index in [0.717, 1.165) is 51.0 Å². The number of benzene rings is 1. The van der Waals surface area contributed by atoms with Crippen LogP contribution < -0.4 is 16.0 Å². The molecule has 0 bridgehead atoms. The van der Waals surface area contributed by atoms with Gasteiger partial charge in [0.2, 0.25) is 0 Å². The summed E-state index contributed by atoms with van der Waals surface area (Å²) in [7, 11) is 3.30. The van der Waals surface area contributed by atoms with Crippen LogP contribution in [0.1, 0.15) is 49.3 Å². The van der Waals surface area contributed by atoms with Crippen LogP contribution in [0.5, 0.6) is 0 Å². The van der Waals surface area contributed by atoms with E-state index in [1.165, 1.54) is 19.1 Å². The van der Waals surface area contributed by atoms with Gasteiger partial charge in [-0.25, -0.2) is 9.59 Å². The lowest BCUT2D eigenvalue weighted by Gasteiger charge is -2.37. The molecule has 36 heavy (non-hydrogen) atoms. The molecule has 2 fully saturated rings. The number of amides is 3. The first-order valence-electron chi connectivity index (χ1n) is 13.3. The van der Waals surface area contributed by atoms with Crippen molar-refractivity contribution in [2.75, 3.05) is 60.2 Å². The summed E-state index contributed by atoms with van der Waals surface area (Å²) < 4.78 is 16.5. The molecule has 9 nitrogen and oxygen atoms in total. The number of carbonyl (C=O) groups excluding carboxylic acids is 2. The van der Waals surface area contributed by atoms with Crippen LogP contribution in [0.2, 0.25) is 0 Å². The quantitative estimate of drug-likeness (QED) is 0.400. The minimum absolute atomic E-state index is 0.0183. The lowest BCUT2D eigenvalue weighted by Crippen LogP contribution is -2.50. The van der Waals surface area contributed by atoms with E-state index in [2.05, 4.69) is 45.8 Å². The Bertz CT molecular complexity index is 817. The molecule has 202 valence electrons. The molecule has 2 aliphatic heterocycles. The lowest BCUT2D eigenvalue weighted by atomic mass is 9.88. The number of likely N-dealkylation sites (N-methyl/N-ethyl adjacent to an activating group) is 1. The Hall–Kier alpha value is -2.36. The number of piperidine rings is 1. The third kappa shape index (κ3) is 8.94. The molecule has 3 N–H and O–H groups in total. The topological polar surface area (TPSA) is 101 Å². The summed E-state index contributed by atoms with van der Waals surface area (Å²) in [6.45, 7) is 6.46. The first kappa shape index (κ1) is 28.2. The highest BCUT2D eigenvalue weighted by Gasteiger charge is 2.31. The van der Waals surface area contributed by atoms with Gasteiger partial charge in [-0.2, -0.15) is 0 Å². The Labute approximate surface area is 215 Å². The zero-order chi connectivity index (χ0) is 25.8. The lowest BCUT2D eigenvalue weighted by molar-refractivity contribution is -0.00854. The Balaban J connectivity index is 1.56. The van der Waals surface area contributed by atoms with Crippen LogP contribution in [0.3, 0.4) is 0 Å². The highest BCUT2D eigenvalue weighted by molar-refractivity contribution is 5.74. The third-order valence-corrected chi connectivity index (χ3v) is 7.18. The Morgan fingerprint density at radius 1 is 1.22 bits per heavy atom. The summed E-state index contributed by atoms with van der Waals surface area (Å²) in [5.41, 5.74) is 2.27. The first-order valence-corrected chi connectivity index (χ1v) is 13.3. The second-order valence-corrected chi connectivity index (χ2v) is 9.96. The molecule has 4 atom stereocenters. The van der Waals surface area contributed by atoms with Gasteiger partial charge in [-0.15, -0.1) is 0 Å². The predicted octanol–water partition coefficient (Wildman–Crippen LogP) is 3.24. The van der Waals surface area contributed by atoms with E-state index in [1.54, 1.807) is 0 Å². The highest BCUT2D eigenvalue weighted by atomic mass is 16.5. The van der Waals surface area contributed by atoms with Gasteiger partial charge in [0.15, 0.2) is 0 Å². The number of hydrogen-bond donors (Lipinski definition) is 3. The number of alkyl carbamates (subject to hydrolysis) is 1. The minimum atomic E-state index is -0.470. The number of ether oxygens (including phenoxy) is 3. The third-order valence-electron chi connectivity index (χ3n) is 7.18. The monoisotopic (exact) mass is 504 g/mol. The molecular weight excluding hydrogens is 460 g/mol. The number of nitrogens with one attached hydrogen (secondary N) is 3. The van der Waals surface area contributed by atoms with Gasteiger partial charge in [0.25, 0.3) is 0 Å². The van der Waals surface area contributed by atoms with Crippen molar-refractivity contribution in [3.05, 3.63) is 35.4 Å². The van der Waals surface area contributed by atoms with Crippen LogP contribution in [0.4, 0.5) is 9.59 Å². The molecule has 0 radical (unpaired) electrons. The maximum absolute atomic E-state index is 13.1. The smallest absolute Gasteiger partial charge is 0.406 e. The number of methoxy groups -OCH3 is 1. The standard InChI is InChI=1S/C27H44N4O5/c1-20-7-4-9-22(15-20)25(36-14-11-29-27(33)34-3)23-10-5-12-31(18-23)26(32)30-17-24(28-2)16-21-8-6-13-35-19-21/h4,7,9,15,21,23-25,28H,5-6,8,10-14,16-19H2,1-3H3,(H,29,33)(H,30,32)/t21-,23-,24+,25+/m1/s1. The molecule has 2 saturated heterocycles. The van der Waals surface area contributed by atoms with Gasteiger partial charge < -0.3 is 35.1 Å². The number of urea groups is 1. The second kappa shape index (κ2) is 15.0. The molecule has 0 spiro atoms. The number of nitrogens with zero attached hydrogens (tertiary/aromatic N) is 1. The van der Waals surface area contributed by atoms with E-state index in [4.69, 9.17) is 9.47 Å². The largest absolute Gasteiger partial charge is 0.453 e. The fraction of sp³-hybridized carbons (Fsp3) is 0.704. The van der Waals surface area contributed by atoms with E-state index in [9.17, 15) is 9.59 Å². The molecule has 2 heterocycles. The SMILES string of the molecule is CN[C@H](CNC(=O)N1CCC[C@@H]([C@@H](OCCNC(=O)OC)c2cccc(C)c2)C1)C[C@H]1CCCOC1. The van der Waals surface area contributed by atoms with Gasteiger partial charge in [-0.3, -0.25) is 0 Å². The van der Waals surface area contributed by atoms with Crippen LogP contribution in [0.25, 0.3) is 0 Å². The van der Waals surface area contributed by atoms with Gasteiger partial charge in [0.1, 0.15) is 0 Å². The normalized spacial score (nSPS) is 21.9. The number of carbonyl (C=O) groups is 2. The number of hydrogen-bond acceptors (Lipinski definition) is 6. The first-order chi connectivity index (χ1) is 17.5. The van der Waals surface area contributed by atoms with Crippen LogP contribution in [0, 0.1) is 18.8 Å². The fourth-order valence-electron chi connectivity index (χ4n) is 5.23. The summed E-state index contributed by atoms with van der Waals surface area (Å²) in [5, 5.41) is 9.18. The van der Waals surface area contributed by atoms with E-state index in [1.807, 2.05) is 18.0 Å². The molecule has 3 rings (SSSR count). The molecule has 9 heteroatoms. The maximum Gasteiger partial charge on any atom is 0.406 e. The Morgan fingerprint density at radius 2 is 2.08 bits per heavy atom. The summed E-state index contributed by atoms with van der Waals surface area (Å²) >= 11 is 0. The predicted molar refractivity (Wildman–Crippen MR) is 139 cm³/mol. The second-order valence-electron chi connectivity index (χ2n) is 9.96. The summed E-state index contributed by atoms with van der Waals surface area (Å²) in [6.07, 6.45) is 4.59. The van der Waals surface area contributed by atoms with Gasteiger partial charge in [-0.1, -0.05) is 29.8 Å². The number of rotatable bonds is 11. The maximum atomic E-state index is 13.1. The van der Waals surface area contributed by atoms with E-state index < -0.39 is 6.09 Å². The van der Waals surface area contributed by atoms with Crippen LogP contribution in [0.15, 0.2) is 24.3 Å². The van der Waals surface area contributed by atoms with Crippen molar-refractivity contribution >= 4 is 12.1 Å². The zero-order valence-corrected chi connectivity index (χ0v) is 22.1. The minimum Gasteiger partial charge on any atom is -0.453 e. The van der Waals surface area contributed by atoms with Crippen molar-refractivity contribution in [2.45, 2.75) is 51.2 Å². The van der Waals surface area contributed by atoms with Crippen LogP contribution in [-0.2, 0) is 14.2 Å². The summed E-state index contributed by atoms with van der Waals surface area (Å²) in [4.78, 5) is 26.4. The van der Waals surface area contributed by atoms with E-state index in [0.29, 0.717) is 32.2 Å². The average molecular weight is 505 g/mol. The molecule has 0 aromatic heterocycles. The van der Waals surface area contributed by atoms with Crippen molar-refractivity contribution in [1.82, 2.24) is 20.9 Å². The molecule has 0 saturated carbocycles. The van der Waals surface area contributed by atoms with Crippen molar-refractivity contribution in [3.63, 3.8) is 0 Å². The molecule has 1 aromatic carbocycles. The van der Waals surface area contributed by atoms with Gasteiger partial charge in [0.05, 0.1) is 19.8 Å². The molecular formula is C27H44N4O5. The average Bonchev–Trinajstić information content (AvgIpc) is 2.91. The highest BCUT2D eigenvalue weighted by Crippen LogP contribution is 2.33. The summed E-state index contributed by atoms with van der Waals surface area (Å²) in [6, 6.07) is 8.54. The van der Waals surface area contributed by atoms with Gasteiger partial charge >= 0.3 is 12.1 Å². The van der Waals surface area contributed by atoms with E-state index in [-0.39, 0.29) is 24.1 Å². The molecule has 2 aliphatic rings. The fourth-order valence-corrected chi connectivity index (χ4v) is 5.23. The van der Waals surface area contributed by atoms with Gasteiger partial charge in [-0.05, 0) is 57.6 Å². The molecule has 1 aromatic rings. The van der Waals surface area contributed by atoms with Crippen molar-refractivity contribution < 1.29 is 23.8 Å². The van der Waals surface area contributed by atoms with Crippen molar-refractivity contribution in [3.8, 4) is 0 Å². The Morgan fingerprint density at radius 3 is 2.81 bits per heavy atom. The van der Waals surface area contributed by atoms with Gasteiger partial charge in [0, 0.05) is 51.4 Å². The zero-order valence-electron chi connectivity index (χ0n) is 22.1. The number of aryl methyl sites for hydroxylation is 1. The summed E-state index contributed by atoms with van der Waals surface area (Å²) in [5.74, 6) is 0.720.